The molecule has 0 saturated heterocycles. The summed E-state index contributed by atoms with van der Waals surface area (Å²) < 4.78 is 69.1. The van der Waals surface area contributed by atoms with Gasteiger partial charge in [0.15, 0.2) is 6.54 Å². The highest BCUT2D eigenvalue weighted by Gasteiger charge is 2.32. The first-order valence-electron chi connectivity index (χ1n) is 19.5. The molecule has 1 N–H and O–H groups in total. The molecule has 13 heteroatoms. The van der Waals surface area contributed by atoms with Crippen molar-refractivity contribution in [2.75, 3.05) is 42.6 Å². The molecule has 9 nitrogen and oxygen atoms in total. The average Bonchev–Trinajstić information content (AvgIpc) is 3.67. The van der Waals surface area contributed by atoms with E-state index < -0.39 is 20.2 Å². The van der Waals surface area contributed by atoms with E-state index in [0.717, 1.165) is 62.9 Å². The molecule has 0 saturated carbocycles. The topological polar surface area (TPSA) is 122 Å². The zero-order valence-corrected chi connectivity index (χ0v) is 35.3. The van der Waals surface area contributed by atoms with Crippen LogP contribution in [0.3, 0.4) is 0 Å². The fourth-order valence-electron chi connectivity index (χ4n) is 7.99. The first-order valence-corrected chi connectivity index (χ1v) is 24.3. The number of hydrogen-bond donors (Lipinski definition) is 1. The van der Waals surface area contributed by atoms with Crippen LogP contribution in [-0.4, -0.2) is 68.5 Å². The van der Waals surface area contributed by atoms with Gasteiger partial charge >= 0.3 is 0 Å². The van der Waals surface area contributed by atoms with Crippen molar-refractivity contribution in [3.05, 3.63) is 105 Å². The third-order valence-electron chi connectivity index (χ3n) is 10.9. The quantitative estimate of drug-likeness (QED) is 0.134. The molecule has 0 spiro atoms. The maximum Gasteiger partial charge on any atom is 0.264 e. The van der Waals surface area contributed by atoms with E-state index in [1.807, 2.05) is 30.3 Å². The van der Waals surface area contributed by atoms with E-state index in [4.69, 9.17) is 0 Å². The van der Waals surface area contributed by atoms with Crippen molar-refractivity contribution in [2.45, 2.75) is 77.2 Å². The van der Waals surface area contributed by atoms with E-state index in [1.165, 1.54) is 41.9 Å². The predicted molar refractivity (Wildman–Crippen MR) is 226 cm³/mol. The summed E-state index contributed by atoms with van der Waals surface area (Å²) in [6, 6.07) is 16.3. The van der Waals surface area contributed by atoms with Crippen LogP contribution in [-0.2, 0) is 26.8 Å². The molecule has 0 radical (unpaired) electrons. The number of benzene rings is 2. The summed E-state index contributed by atoms with van der Waals surface area (Å²) in [5.74, 6) is 0.451. The van der Waals surface area contributed by atoms with Gasteiger partial charge in [-0.1, -0.05) is 86.4 Å². The minimum atomic E-state index is -4.26. The van der Waals surface area contributed by atoms with Crippen molar-refractivity contribution < 1.29 is 30.5 Å². The van der Waals surface area contributed by atoms with Crippen LogP contribution in [0, 0.1) is 11.8 Å². The number of aromatic nitrogens is 1. The van der Waals surface area contributed by atoms with Crippen LogP contribution < -0.4 is 9.47 Å². The lowest BCUT2D eigenvalue weighted by atomic mass is 9.69. The van der Waals surface area contributed by atoms with Gasteiger partial charge in [0.25, 0.3) is 15.1 Å². The van der Waals surface area contributed by atoms with Gasteiger partial charge in [-0.05, 0) is 117 Å². The second-order valence-electron chi connectivity index (χ2n) is 14.6. The van der Waals surface area contributed by atoms with E-state index in [0.29, 0.717) is 31.3 Å². The van der Waals surface area contributed by atoms with E-state index in [2.05, 4.69) is 83.7 Å². The molecule has 2 atom stereocenters. The number of para-hydroxylation sites is 2. The number of thioether (sulfide) groups is 1. The monoisotopic (exact) mass is 823 g/mol. The van der Waals surface area contributed by atoms with Crippen LogP contribution in [0.5, 0.6) is 0 Å². The molecule has 1 aromatic heterocycles. The number of thiazole rings is 1. The maximum absolute atomic E-state index is 11.4. The Balaban J connectivity index is 0.000000672. The first kappa shape index (κ1) is 41.6. The van der Waals surface area contributed by atoms with Gasteiger partial charge in [-0.25, -0.2) is 8.42 Å². The molecular weight excluding hydrogens is 771 g/mol. The van der Waals surface area contributed by atoms with Gasteiger partial charge in [0.05, 0.1) is 26.6 Å². The van der Waals surface area contributed by atoms with Crippen LogP contribution in [0.15, 0.2) is 105 Å². The van der Waals surface area contributed by atoms with Crippen LogP contribution in [0.4, 0.5) is 5.69 Å². The molecule has 7 rings (SSSR count). The molecule has 3 aromatic rings. The highest BCUT2D eigenvalue weighted by molar-refractivity contribution is 8.03. The van der Waals surface area contributed by atoms with Gasteiger partial charge in [-0.2, -0.15) is 13.0 Å². The lowest BCUT2D eigenvalue weighted by molar-refractivity contribution is -0.668. The van der Waals surface area contributed by atoms with Crippen LogP contribution in [0.2, 0.25) is 0 Å². The van der Waals surface area contributed by atoms with Crippen molar-refractivity contribution in [3.63, 3.8) is 0 Å². The number of hydrogen-bond acceptors (Lipinski definition) is 9. The summed E-state index contributed by atoms with van der Waals surface area (Å²) in [5, 5.41) is 2.14. The highest BCUT2D eigenvalue weighted by Crippen LogP contribution is 2.48. The van der Waals surface area contributed by atoms with Crippen LogP contribution >= 0.6 is 23.1 Å². The minimum absolute atomic E-state index is 0.262. The van der Waals surface area contributed by atoms with Crippen molar-refractivity contribution in [2.24, 2.45) is 11.8 Å². The summed E-state index contributed by atoms with van der Waals surface area (Å²) in [6.45, 7) is 11.1. The molecule has 0 bridgehead atoms. The number of allylic oxidation sites excluding steroid dienone is 8. The molecule has 296 valence electrons. The summed E-state index contributed by atoms with van der Waals surface area (Å²) in [5.41, 5.74) is 7.38. The molecule has 0 amide bonds. The SMILES string of the molecule is CCN(CC)CC.O=S(=O)([O-])CCC[n+]1c(/C=C2/C=C3C=C4C=C(/C=C5\Sc6ccccc6N5CCCS(=O)(=O)O)CCC4CC3CC2)sc2ccccc21. The summed E-state index contributed by atoms with van der Waals surface area (Å²) in [6.07, 6.45) is 17.5. The summed E-state index contributed by atoms with van der Waals surface area (Å²) in [4.78, 5) is 5.69. The number of fused-ring (bicyclic) bond motifs is 4. The van der Waals surface area contributed by atoms with Crippen LogP contribution in [0.25, 0.3) is 16.3 Å². The molecule has 0 fully saturated rings. The zero-order valence-electron chi connectivity index (χ0n) is 32.0. The third-order valence-corrected chi connectivity index (χ3v) is 14.7. The van der Waals surface area contributed by atoms with Gasteiger partial charge in [-0.15, -0.1) is 0 Å². The molecule has 2 aromatic carbocycles. The molecular formula is C42H53N3O6S4. The van der Waals surface area contributed by atoms with E-state index in [9.17, 15) is 25.9 Å². The maximum atomic E-state index is 11.4. The first-order chi connectivity index (χ1) is 26.3. The van der Waals surface area contributed by atoms with Crippen molar-refractivity contribution >= 4 is 65.3 Å². The predicted octanol–water partition coefficient (Wildman–Crippen LogP) is 8.59. The Labute approximate surface area is 335 Å². The normalized spacial score (nSPS) is 21.1. The van der Waals surface area contributed by atoms with E-state index in [1.54, 1.807) is 23.1 Å². The summed E-state index contributed by atoms with van der Waals surface area (Å²) in [7, 11) is -8.27. The Kier molecular flexibility index (Phi) is 14.0. The molecule has 2 heterocycles. The van der Waals surface area contributed by atoms with Crippen molar-refractivity contribution in [3.8, 4) is 0 Å². The highest BCUT2D eigenvalue weighted by atomic mass is 32.2. The Hall–Kier alpha value is -3.04. The number of nitrogens with zero attached hydrogens (tertiary/aromatic N) is 3. The Morgan fingerprint density at radius 3 is 2.27 bits per heavy atom. The van der Waals surface area contributed by atoms with E-state index in [-0.39, 0.29) is 17.9 Å². The van der Waals surface area contributed by atoms with Gasteiger partial charge in [-0.3, -0.25) is 4.55 Å². The van der Waals surface area contributed by atoms with Crippen molar-refractivity contribution in [1.82, 2.24) is 4.90 Å². The molecule has 2 unspecified atom stereocenters. The lowest BCUT2D eigenvalue weighted by Crippen LogP contribution is -2.36. The Morgan fingerprint density at radius 2 is 1.56 bits per heavy atom. The van der Waals surface area contributed by atoms with Crippen molar-refractivity contribution in [1.29, 1.82) is 0 Å². The lowest BCUT2D eigenvalue weighted by Gasteiger charge is -2.36. The summed E-state index contributed by atoms with van der Waals surface area (Å²) >= 11 is 3.39. The van der Waals surface area contributed by atoms with E-state index >= 15 is 0 Å². The average molecular weight is 824 g/mol. The molecule has 3 aliphatic carbocycles. The second kappa shape index (κ2) is 18.5. The molecule has 55 heavy (non-hydrogen) atoms. The van der Waals surface area contributed by atoms with Gasteiger partial charge in [0.1, 0.15) is 4.70 Å². The van der Waals surface area contributed by atoms with Gasteiger partial charge < -0.3 is 14.4 Å². The van der Waals surface area contributed by atoms with Crippen LogP contribution in [0.1, 0.15) is 70.7 Å². The number of anilines is 1. The Bertz CT molecular complexity index is 2230. The number of aryl methyl sites for hydroxylation is 1. The second-order valence-corrected chi connectivity index (χ2v) is 19.8. The molecule has 4 aliphatic rings. The van der Waals surface area contributed by atoms with Gasteiger partial charge in [0.2, 0.25) is 5.52 Å². The van der Waals surface area contributed by atoms with Gasteiger partial charge in [0, 0.05) is 35.8 Å². The third kappa shape index (κ3) is 11.1. The number of rotatable bonds is 13. The minimum Gasteiger partial charge on any atom is -0.748 e. The fourth-order valence-corrected chi connectivity index (χ4v) is 11.3. The smallest absolute Gasteiger partial charge is 0.264 e. The zero-order chi connectivity index (χ0) is 39.2. The Morgan fingerprint density at radius 1 is 0.873 bits per heavy atom. The largest absolute Gasteiger partial charge is 0.748 e. The standard InChI is InChI=1S/C36H38N2O6S4.C6H15N/c39-47(40,41)17-5-15-37-31-7-1-3-9-33(31)45-35(37)21-25-11-13-27-23-28-14-12-26(20-30(28)24-29(27)19-25)22-36-38(16-6-18-48(42,43)44)32-8-2-4-10-34(32)46-36;1-4-7(5-2)6-3/h1-4,7-10,19-22,24,27-28H,5-6,11-18,23H2,(H-,39,40,41,42,43,44);4-6H2,1-3H3. The fraction of sp³-hybridized carbons (Fsp3) is 0.452. The molecule has 1 aliphatic heterocycles.